The van der Waals surface area contributed by atoms with Gasteiger partial charge in [0.25, 0.3) is 0 Å². The number of carbonyl (C=O) groups excluding carboxylic acids is 1. The molecule has 2 aromatic rings. The molecule has 4 nitrogen and oxygen atoms in total. The van der Waals surface area contributed by atoms with Crippen LogP contribution in [0.5, 0.6) is 5.75 Å². The normalized spacial score (nSPS) is 11.0. The van der Waals surface area contributed by atoms with Crippen molar-refractivity contribution in [2.24, 2.45) is 0 Å². The molecule has 0 unspecified atom stereocenters. The lowest BCUT2D eigenvalue weighted by molar-refractivity contribution is -0.274. The van der Waals surface area contributed by atoms with Crippen molar-refractivity contribution in [3.05, 3.63) is 54.1 Å². The Labute approximate surface area is 131 Å². The largest absolute Gasteiger partial charge is 0.573 e. The molecule has 0 atom stereocenters. The maximum Gasteiger partial charge on any atom is 0.573 e. The maximum atomic E-state index is 12.2. The molecule has 0 aliphatic rings. The Morgan fingerprint density at radius 2 is 1.87 bits per heavy atom. The molecule has 0 saturated carbocycles. The van der Waals surface area contributed by atoms with Crippen LogP contribution in [-0.4, -0.2) is 18.8 Å². The molecule has 0 heterocycles. The number of benzene rings is 2. The van der Waals surface area contributed by atoms with E-state index in [2.05, 4.69) is 15.4 Å². The smallest absolute Gasteiger partial charge is 0.406 e. The molecular formula is C16H15F3N2O2. The van der Waals surface area contributed by atoms with Gasteiger partial charge in [-0.15, -0.1) is 13.2 Å². The molecule has 0 saturated heterocycles. The average Bonchev–Trinajstić information content (AvgIpc) is 2.46. The van der Waals surface area contributed by atoms with Crippen LogP contribution < -0.4 is 15.4 Å². The molecule has 1 amide bonds. The molecule has 7 heteroatoms. The quantitative estimate of drug-likeness (QED) is 0.876. The second-order valence-electron chi connectivity index (χ2n) is 4.79. The van der Waals surface area contributed by atoms with Crippen LogP contribution >= 0.6 is 0 Å². The molecule has 0 aliphatic carbocycles. The Hall–Kier alpha value is -2.70. The van der Waals surface area contributed by atoms with E-state index in [0.29, 0.717) is 11.4 Å². The number of halogens is 3. The Bertz CT molecular complexity index is 687. The lowest BCUT2D eigenvalue weighted by atomic mass is 10.2. The molecule has 0 aliphatic heterocycles. The first-order chi connectivity index (χ1) is 10.8. The second kappa shape index (κ2) is 7.04. The summed E-state index contributed by atoms with van der Waals surface area (Å²) in [5.74, 6) is -0.650. The molecule has 0 fully saturated rings. The fraction of sp³-hybridized carbons (Fsp3) is 0.188. The number of hydrogen-bond donors (Lipinski definition) is 2. The van der Waals surface area contributed by atoms with Crippen LogP contribution in [0.4, 0.5) is 24.5 Å². The number of ether oxygens (including phenoxy) is 1. The predicted octanol–water partition coefficient (Wildman–Crippen LogP) is 3.94. The van der Waals surface area contributed by atoms with Crippen molar-refractivity contribution in [2.75, 3.05) is 17.2 Å². The number of alkyl halides is 3. The lowest BCUT2D eigenvalue weighted by Gasteiger charge is -2.12. The Morgan fingerprint density at radius 1 is 1.13 bits per heavy atom. The highest BCUT2D eigenvalue weighted by molar-refractivity contribution is 5.94. The first kappa shape index (κ1) is 16.7. The Balaban J connectivity index is 1.92. The maximum absolute atomic E-state index is 12.2. The van der Waals surface area contributed by atoms with Crippen molar-refractivity contribution in [2.45, 2.75) is 13.3 Å². The van der Waals surface area contributed by atoms with Gasteiger partial charge in [0.2, 0.25) is 5.91 Å². The molecule has 122 valence electrons. The van der Waals surface area contributed by atoms with Gasteiger partial charge >= 0.3 is 6.36 Å². The fourth-order valence-corrected chi connectivity index (χ4v) is 1.89. The minimum atomic E-state index is -4.75. The van der Waals surface area contributed by atoms with Crippen LogP contribution in [0.15, 0.2) is 48.5 Å². The molecule has 0 spiro atoms. The molecule has 0 aromatic heterocycles. The Morgan fingerprint density at radius 3 is 2.57 bits per heavy atom. The van der Waals surface area contributed by atoms with E-state index in [1.807, 2.05) is 19.1 Å². The monoisotopic (exact) mass is 324 g/mol. The fourth-order valence-electron chi connectivity index (χ4n) is 1.89. The number of rotatable bonds is 5. The van der Waals surface area contributed by atoms with Gasteiger partial charge in [0.1, 0.15) is 5.75 Å². The minimum absolute atomic E-state index is 0.0796. The van der Waals surface area contributed by atoms with Gasteiger partial charge in [-0.05, 0) is 30.7 Å². The van der Waals surface area contributed by atoms with E-state index in [1.54, 1.807) is 18.2 Å². The number of aryl methyl sites for hydroxylation is 1. The molecule has 0 bridgehead atoms. The van der Waals surface area contributed by atoms with Crippen LogP contribution in [-0.2, 0) is 4.79 Å². The van der Waals surface area contributed by atoms with Gasteiger partial charge < -0.3 is 15.4 Å². The van der Waals surface area contributed by atoms with Gasteiger partial charge in [0, 0.05) is 17.4 Å². The van der Waals surface area contributed by atoms with Crippen molar-refractivity contribution < 1.29 is 22.7 Å². The zero-order valence-corrected chi connectivity index (χ0v) is 12.3. The first-order valence-electron chi connectivity index (χ1n) is 6.79. The number of para-hydroxylation sites is 1. The summed E-state index contributed by atoms with van der Waals surface area (Å²) >= 11 is 0. The standard InChI is InChI=1S/C16H15F3N2O2/c1-11-5-2-3-8-14(11)21-15(22)10-20-12-6-4-7-13(9-12)23-16(17,18)19/h2-9,20H,10H2,1H3,(H,21,22). The lowest BCUT2D eigenvalue weighted by Crippen LogP contribution is -2.22. The third-order valence-electron chi connectivity index (χ3n) is 2.94. The van der Waals surface area contributed by atoms with Crippen LogP contribution in [0, 0.1) is 6.92 Å². The van der Waals surface area contributed by atoms with Gasteiger partial charge in [-0.1, -0.05) is 24.3 Å². The SMILES string of the molecule is Cc1ccccc1NC(=O)CNc1cccc(OC(F)(F)F)c1. The summed E-state index contributed by atoms with van der Waals surface area (Å²) in [7, 11) is 0. The van der Waals surface area contributed by atoms with E-state index in [4.69, 9.17) is 0 Å². The van der Waals surface area contributed by atoms with Crippen molar-refractivity contribution >= 4 is 17.3 Å². The van der Waals surface area contributed by atoms with E-state index in [0.717, 1.165) is 5.56 Å². The van der Waals surface area contributed by atoms with E-state index in [9.17, 15) is 18.0 Å². The van der Waals surface area contributed by atoms with Gasteiger partial charge in [0.05, 0.1) is 6.54 Å². The summed E-state index contributed by atoms with van der Waals surface area (Å²) in [6, 6.07) is 12.6. The van der Waals surface area contributed by atoms with Crippen molar-refractivity contribution in [3.8, 4) is 5.75 Å². The Kier molecular flexibility index (Phi) is 5.10. The van der Waals surface area contributed by atoms with E-state index in [1.165, 1.54) is 18.2 Å². The molecule has 0 radical (unpaired) electrons. The van der Waals surface area contributed by atoms with Gasteiger partial charge in [-0.25, -0.2) is 0 Å². The number of hydrogen-bond acceptors (Lipinski definition) is 3. The van der Waals surface area contributed by atoms with Crippen molar-refractivity contribution in [3.63, 3.8) is 0 Å². The highest BCUT2D eigenvalue weighted by Gasteiger charge is 2.31. The summed E-state index contributed by atoms with van der Waals surface area (Å²) in [5, 5.41) is 5.47. The zero-order valence-electron chi connectivity index (χ0n) is 12.3. The highest BCUT2D eigenvalue weighted by Crippen LogP contribution is 2.25. The number of amides is 1. The predicted molar refractivity (Wildman–Crippen MR) is 81.4 cm³/mol. The topological polar surface area (TPSA) is 50.4 Å². The first-order valence-corrected chi connectivity index (χ1v) is 6.79. The number of anilines is 2. The third kappa shape index (κ3) is 5.54. The molecular weight excluding hydrogens is 309 g/mol. The van der Waals surface area contributed by atoms with Crippen LogP contribution in [0.2, 0.25) is 0 Å². The molecule has 2 aromatic carbocycles. The van der Waals surface area contributed by atoms with Gasteiger partial charge in [-0.2, -0.15) is 0 Å². The van der Waals surface area contributed by atoms with Gasteiger partial charge in [-0.3, -0.25) is 4.79 Å². The van der Waals surface area contributed by atoms with E-state index >= 15 is 0 Å². The molecule has 2 rings (SSSR count). The summed E-state index contributed by atoms with van der Waals surface area (Å²) < 4.78 is 40.3. The number of carbonyl (C=O) groups is 1. The van der Waals surface area contributed by atoms with E-state index in [-0.39, 0.29) is 18.2 Å². The number of nitrogens with one attached hydrogen (secondary N) is 2. The summed E-state index contributed by atoms with van der Waals surface area (Å²) in [5.41, 5.74) is 1.96. The van der Waals surface area contributed by atoms with Crippen LogP contribution in [0.25, 0.3) is 0 Å². The average molecular weight is 324 g/mol. The van der Waals surface area contributed by atoms with Crippen LogP contribution in [0.3, 0.4) is 0 Å². The van der Waals surface area contributed by atoms with E-state index < -0.39 is 6.36 Å². The van der Waals surface area contributed by atoms with Gasteiger partial charge in [0.15, 0.2) is 0 Å². The molecule has 2 N–H and O–H groups in total. The summed E-state index contributed by atoms with van der Waals surface area (Å²) in [6.07, 6.45) is -4.75. The third-order valence-corrected chi connectivity index (χ3v) is 2.94. The highest BCUT2D eigenvalue weighted by atomic mass is 19.4. The summed E-state index contributed by atoms with van der Waals surface area (Å²) in [6.45, 7) is 1.78. The summed E-state index contributed by atoms with van der Waals surface area (Å²) in [4.78, 5) is 11.9. The second-order valence-corrected chi connectivity index (χ2v) is 4.79. The van der Waals surface area contributed by atoms with Crippen LogP contribution in [0.1, 0.15) is 5.56 Å². The van der Waals surface area contributed by atoms with Crippen molar-refractivity contribution in [1.29, 1.82) is 0 Å². The minimum Gasteiger partial charge on any atom is -0.406 e. The van der Waals surface area contributed by atoms with Crippen molar-refractivity contribution in [1.82, 2.24) is 0 Å². The molecule has 23 heavy (non-hydrogen) atoms. The zero-order chi connectivity index (χ0) is 16.9.